The van der Waals surface area contributed by atoms with Crippen LogP contribution in [0.5, 0.6) is 5.75 Å². The molecule has 3 heterocycles. The average Bonchev–Trinajstić information content (AvgIpc) is 3.70. The van der Waals surface area contributed by atoms with E-state index in [9.17, 15) is 9.90 Å². The fraction of sp³-hybridized carbons (Fsp3) is 0.405. The quantitative estimate of drug-likeness (QED) is 0.192. The lowest BCUT2D eigenvalue weighted by molar-refractivity contribution is -0.142. The van der Waals surface area contributed by atoms with Gasteiger partial charge in [0.2, 0.25) is 11.8 Å². The molecule has 268 valence electrons. The number of aliphatic hydroxyl groups excluding tert-OH is 1. The van der Waals surface area contributed by atoms with E-state index in [4.69, 9.17) is 4.74 Å². The summed E-state index contributed by atoms with van der Waals surface area (Å²) >= 11 is 1.63. The zero-order valence-electron chi connectivity index (χ0n) is 30.1. The van der Waals surface area contributed by atoms with Crippen molar-refractivity contribution in [2.45, 2.75) is 68.5 Å². The number of amides is 3. The van der Waals surface area contributed by atoms with Crippen molar-refractivity contribution >= 4 is 40.9 Å². The first-order chi connectivity index (χ1) is 24.5. The number of likely N-dealkylation sites (tertiary alicyclic amines) is 1. The van der Waals surface area contributed by atoms with Gasteiger partial charge in [-0.3, -0.25) is 14.4 Å². The summed E-state index contributed by atoms with van der Waals surface area (Å²) in [6, 6.07) is 21.6. The molecule has 0 aromatic heterocycles. The number of rotatable bonds is 14. The zero-order chi connectivity index (χ0) is 36.5. The number of aliphatic hydroxyl groups is 1. The Kier molecular flexibility index (Phi) is 10.5. The highest BCUT2D eigenvalue weighted by molar-refractivity contribution is 8.02. The number of hydrogen-bond donors (Lipinski definition) is 1. The summed E-state index contributed by atoms with van der Waals surface area (Å²) in [5, 5.41) is 11.0. The van der Waals surface area contributed by atoms with Crippen LogP contribution >= 0.6 is 11.8 Å². The highest BCUT2D eigenvalue weighted by Gasteiger charge is 2.78. The maximum atomic E-state index is 15.3. The maximum Gasteiger partial charge on any atom is 0.251 e. The first-order valence-corrected chi connectivity index (χ1v) is 18.7. The molecule has 8 nitrogen and oxygen atoms in total. The van der Waals surface area contributed by atoms with Crippen molar-refractivity contribution in [1.29, 1.82) is 0 Å². The monoisotopic (exact) mass is 707 g/mol. The van der Waals surface area contributed by atoms with Gasteiger partial charge in [0.1, 0.15) is 11.8 Å². The normalized spacial score (nSPS) is 25.3. The predicted octanol–water partition coefficient (Wildman–Crippen LogP) is 6.53. The van der Waals surface area contributed by atoms with Gasteiger partial charge in [-0.2, -0.15) is 0 Å². The molecule has 2 bridgehead atoms. The topological polar surface area (TPSA) is 90.4 Å². The molecule has 0 saturated carbocycles. The summed E-state index contributed by atoms with van der Waals surface area (Å²) in [5.74, 6) is -1.37. The smallest absolute Gasteiger partial charge is 0.251 e. The van der Waals surface area contributed by atoms with Gasteiger partial charge in [-0.05, 0) is 94.0 Å². The van der Waals surface area contributed by atoms with E-state index in [-0.39, 0.29) is 37.4 Å². The number of fused-ring (bicyclic) bond motifs is 1. The van der Waals surface area contributed by atoms with Gasteiger partial charge in [-0.25, -0.2) is 0 Å². The van der Waals surface area contributed by atoms with E-state index in [1.807, 2.05) is 93.6 Å². The van der Waals surface area contributed by atoms with Crippen molar-refractivity contribution < 1.29 is 24.2 Å². The molecule has 0 radical (unpaired) electrons. The summed E-state index contributed by atoms with van der Waals surface area (Å²) in [6.07, 6.45) is 5.05. The minimum absolute atomic E-state index is 0.164. The minimum Gasteiger partial charge on any atom is -0.494 e. The molecule has 6 atom stereocenters. The first-order valence-electron chi connectivity index (χ1n) is 17.8. The molecule has 1 spiro atoms. The summed E-state index contributed by atoms with van der Waals surface area (Å²) in [7, 11) is 0. The van der Waals surface area contributed by atoms with E-state index in [1.54, 1.807) is 38.6 Å². The van der Waals surface area contributed by atoms with Gasteiger partial charge < -0.3 is 24.5 Å². The molecule has 51 heavy (non-hydrogen) atoms. The second kappa shape index (κ2) is 14.7. The van der Waals surface area contributed by atoms with Crippen LogP contribution in [-0.2, 0) is 20.8 Å². The molecule has 2 unspecified atom stereocenters. The number of benzene rings is 3. The van der Waals surface area contributed by atoms with Crippen LogP contribution in [0.3, 0.4) is 0 Å². The third-order valence-corrected chi connectivity index (χ3v) is 12.9. The van der Waals surface area contributed by atoms with Crippen LogP contribution in [0.2, 0.25) is 0 Å². The van der Waals surface area contributed by atoms with Crippen LogP contribution in [0.1, 0.15) is 43.4 Å². The van der Waals surface area contributed by atoms with E-state index >= 15 is 9.59 Å². The summed E-state index contributed by atoms with van der Waals surface area (Å²) in [5.41, 5.74) is 4.35. The summed E-state index contributed by atoms with van der Waals surface area (Å²) in [4.78, 5) is 50.6. The van der Waals surface area contributed by atoms with Crippen LogP contribution in [-0.4, -0.2) is 75.6 Å². The van der Waals surface area contributed by atoms with Gasteiger partial charge in [0.15, 0.2) is 0 Å². The van der Waals surface area contributed by atoms with Crippen molar-refractivity contribution in [2.24, 2.45) is 11.8 Å². The molecule has 3 aliphatic rings. The molecule has 3 aromatic rings. The van der Waals surface area contributed by atoms with E-state index in [0.29, 0.717) is 37.3 Å². The molecule has 0 aliphatic carbocycles. The third kappa shape index (κ3) is 6.40. The number of anilines is 2. The van der Waals surface area contributed by atoms with Crippen molar-refractivity contribution in [1.82, 2.24) is 4.90 Å². The predicted molar refractivity (Wildman–Crippen MR) is 205 cm³/mol. The van der Waals surface area contributed by atoms with Crippen LogP contribution in [0.4, 0.5) is 11.4 Å². The van der Waals surface area contributed by atoms with Gasteiger partial charge >= 0.3 is 0 Å². The summed E-state index contributed by atoms with van der Waals surface area (Å²) in [6.45, 7) is 16.6. The Bertz CT molecular complexity index is 1800. The molecule has 3 fully saturated rings. The van der Waals surface area contributed by atoms with E-state index < -0.39 is 33.4 Å². The first kappa shape index (κ1) is 36.5. The van der Waals surface area contributed by atoms with Gasteiger partial charge in [-0.1, -0.05) is 54.6 Å². The van der Waals surface area contributed by atoms with Crippen molar-refractivity contribution in [3.05, 3.63) is 115 Å². The number of carbonyl (C=O) groups excluding carboxylic acids is 3. The molecular formula is C42H49N3O5S. The van der Waals surface area contributed by atoms with Gasteiger partial charge in [0, 0.05) is 29.2 Å². The van der Waals surface area contributed by atoms with Crippen molar-refractivity contribution in [3.8, 4) is 5.75 Å². The molecule has 3 saturated heterocycles. The largest absolute Gasteiger partial charge is 0.494 e. The minimum atomic E-state index is -0.904. The molecule has 3 amide bonds. The number of thioether (sulfide) groups is 1. The van der Waals surface area contributed by atoms with Crippen LogP contribution < -0.4 is 14.5 Å². The number of carbonyl (C=O) groups is 3. The van der Waals surface area contributed by atoms with E-state index in [0.717, 1.165) is 22.4 Å². The Morgan fingerprint density at radius 1 is 1.00 bits per heavy atom. The zero-order valence-corrected chi connectivity index (χ0v) is 30.9. The molecule has 1 N–H and O–H groups in total. The van der Waals surface area contributed by atoms with Gasteiger partial charge in [0.05, 0.1) is 35.8 Å². The molecule has 9 heteroatoms. The average molecular weight is 708 g/mol. The number of aryl methyl sites for hydroxylation is 2. The maximum absolute atomic E-state index is 15.3. The molecule has 6 rings (SSSR count). The Balaban J connectivity index is 1.47. The lowest BCUT2D eigenvalue weighted by Gasteiger charge is -2.40. The summed E-state index contributed by atoms with van der Waals surface area (Å²) < 4.78 is 4.20. The number of hydrogen-bond acceptors (Lipinski definition) is 6. The Morgan fingerprint density at radius 2 is 1.69 bits per heavy atom. The van der Waals surface area contributed by atoms with Crippen LogP contribution in [0.25, 0.3) is 0 Å². The highest BCUT2D eigenvalue weighted by Crippen LogP contribution is 2.72. The standard InChI is InChI=1S/C42H49N3O5S/c1-7-23-43(31-17-19-33(20-18-31)50-9-3)38(47)35-36-39(48)45(32(27-46)26-30-13-11-10-12-14-30)37(42(36)22-21-41(35,6)51-42)40(49)44(24-8-2)34-25-28(4)15-16-29(34)5/h7-8,10-20,25,32,35-37,46H,1-2,9,21-24,26-27H2,3-6H3/t32-,35+,36+,37?,41-,42?/m1/s1. The molecule has 3 aliphatic heterocycles. The molecule has 3 aromatic carbocycles. The van der Waals surface area contributed by atoms with Gasteiger partial charge in [0.25, 0.3) is 5.91 Å². The van der Waals surface area contributed by atoms with E-state index in [2.05, 4.69) is 20.1 Å². The number of ether oxygens (including phenoxy) is 1. The second-order valence-electron chi connectivity index (χ2n) is 14.2. The van der Waals surface area contributed by atoms with Crippen LogP contribution in [0, 0.1) is 25.7 Å². The van der Waals surface area contributed by atoms with E-state index in [1.165, 1.54) is 0 Å². The highest BCUT2D eigenvalue weighted by atomic mass is 32.2. The second-order valence-corrected chi connectivity index (χ2v) is 16.1. The Morgan fingerprint density at radius 3 is 2.33 bits per heavy atom. The fourth-order valence-corrected chi connectivity index (χ4v) is 11.0. The Hall–Kier alpha value is -4.34. The lowest BCUT2D eigenvalue weighted by atomic mass is 9.66. The van der Waals surface area contributed by atoms with Crippen molar-refractivity contribution in [3.63, 3.8) is 0 Å². The van der Waals surface area contributed by atoms with Crippen molar-refractivity contribution in [2.75, 3.05) is 36.1 Å². The van der Waals surface area contributed by atoms with Gasteiger partial charge in [-0.15, -0.1) is 24.9 Å². The fourth-order valence-electron chi connectivity index (χ4n) is 8.65. The lowest BCUT2D eigenvalue weighted by Crippen LogP contribution is -2.58. The van der Waals surface area contributed by atoms with Crippen LogP contribution in [0.15, 0.2) is 98.1 Å². The SMILES string of the molecule is C=CCN(C(=O)[C@@H]1[C@H]2C(=O)N([C@@H](CO)Cc3ccccc3)C(C(=O)N(CC=C)c3cc(C)ccc3C)C23CC[C@@]1(C)S3)c1ccc(OCC)cc1. The molecular weight excluding hydrogens is 659 g/mol. The number of nitrogens with zero attached hydrogens (tertiary/aromatic N) is 3. The Labute approximate surface area is 306 Å². The third-order valence-electron chi connectivity index (χ3n) is 10.9.